The van der Waals surface area contributed by atoms with E-state index in [1.54, 1.807) is 19.2 Å². The number of hydrogen-bond acceptors (Lipinski definition) is 5. The van der Waals surface area contributed by atoms with Crippen LogP contribution in [0, 0.1) is 11.7 Å². The molecular formula is C12H16FN5O. The van der Waals surface area contributed by atoms with Crippen LogP contribution in [0.4, 0.5) is 10.1 Å². The summed E-state index contributed by atoms with van der Waals surface area (Å²) in [6.45, 7) is 3.28. The fourth-order valence-electron chi connectivity index (χ4n) is 1.70. The van der Waals surface area contributed by atoms with Crippen LogP contribution < -0.4 is 5.32 Å². The first-order chi connectivity index (χ1) is 9.20. The second-order valence-electron chi connectivity index (χ2n) is 4.36. The first kappa shape index (κ1) is 13.4. The molecule has 2 aromatic rings. The Bertz CT molecular complexity index is 517. The van der Waals surface area contributed by atoms with Crippen LogP contribution in [-0.2, 0) is 4.74 Å². The van der Waals surface area contributed by atoms with Gasteiger partial charge < -0.3 is 10.1 Å². The van der Waals surface area contributed by atoms with Crippen LogP contribution in [-0.4, -0.2) is 40.5 Å². The Labute approximate surface area is 110 Å². The van der Waals surface area contributed by atoms with E-state index in [4.69, 9.17) is 4.74 Å². The quantitative estimate of drug-likeness (QED) is 0.857. The highest BCUT2D eigenvalue weighted by Crippen LogP contribution is 2.18. The van der Waals surface area contributed by atoms with Crippen LogP contribution >= 0.6 is 0 Å². The molecule has 0 saturated carbocycles. The van der Waals surface area contributed by atoms with Crippen LogP contribution in [0.15, 0.2) is 24.5 Å². The number of hydrogen-bond donors (Lipinski definition) is 1. The largest absolute Gasteiger partial charge is 0.384 e. The number of halogens is 1. The number of anilines is 1. The summed E-state index contributed by atoms with van der Waals surface area (Å²) in [5.74, 6) is -0.0115. The van der Waals surface area contributed by atoms with Gasteiger partial charge in [-0.2, -0.15) is 0 Å². The summed E-state index contributed by atoms with van der Waals surface area (Å²) < 4.78 is 20.2. The van der Waals surface area contributed by atoms with Crippen molar-refractivity contribution in [3.05, 3.63) is 30.3 Å². The van der Waals surface area contributed by atoms with Crippen molar-refractivity contribution in [2.75, 3.05) is 25.6 Å². The molecule has 1 N–H and O–H groups in total. The van der Waals surface area contributed by atoms with Gasteiger partial charge in [0.05, 0.1) is 18.0 Å². The van der Waals surface area contributed by atoms with Gasteiger partial charge in [0.25, 0.3) is 0 Å². The topological polar surface area (TPSA) is 64.9 Å². The first-order valence-corrected chi connectivity index (χ1v) is 5.96. The van der Waals surface area contributed by atoms with Crippen molar-refractivity contribution >= 4 is 5.69 Å². The summed E-state index contributed by atoms with van der Waals surface area (Å²) in [5.41, 5.74) is 1.13. The summed E-state index contributed by atoms with van der Waals surface area (Å²) in [5, 5.41) is 13.9. The van der Waals surface area contributed by atoms with E-state index in [9.17, 15) is 4.39 Å². The minimum absolute atomic E-state index is 0.293. The third-order valence-electron chi connectivity index (χ3n) is 2.66. The average molecular weight is 265 g/mol. The van der Waals surface area contributed by atoms with Crippen molar-refractivity contribution in [1.29, 1.82) is 0 Å². The molecule has 0 amide bonds. The predicted octanol–water partition coefficient (Wildman–Crippen LogP) is 1.50. The minimum atomic E-state index is -0.304. The molecule has 1 unspecified atom stereocenters. The van der Waals surface area contributed by atoms with Gasteiger partial charge in [0.15, 0.2) is 0 Å². The number of tetrazole rings is 1. The van der Waals surface area contributed by atoms with E-state index < -0.39 is 0 Å². The van der Waals surface area contributed by atoms with Gasteiger partial charge in [-0.15, -0.1) is 5.10 Å². The fraction of sp³-hybridized carbons (Fsp3) is 0.417. The van der Waals surface area contributed by atoms with Gasteiger partial charge in [-0.1, -0.05) is 6.92 Å². The van der Waals surface area contributed by atoms with Gasteiger partial charge in [-0.3, -0.25) is 0 Å². The van der Waals surface area contributed by atoms with Crippen LogP contribution in [0.1, 0.15) is 6.92 Å². The first-order valence-electron chi connectivity index (χ1n) is 5.96. The molecule has 102 valence electrons. The van der Waals surface area contributed by atoms with Gasteiger partial charge in [0, 0.05) is 13.7 Å². The van der Waals surface area contributed by atoms with Gasteiger partial charge in [0.2, 0.25) is 0 Å². The maximum atomic E-state index is 13.7. The zero-order valence-corrected chi connectivity index (χ0v) is 10.9. The fourth-order valence-corrected chi connectivity index (χ4v) is 1.70. The van der Waals surface area contributed by atoms with Gasteiger partial charge in [-0.05, 0) is 34.5 Å². The van der Waals surface area contributed by atoms with Crippen molar-refractivity contribution < 1.29 is 9.13 Å². The van der Waals surface area contributed by atoms with E-state index in [0.29, 0.717) is 30.4 Å². The van der Waals surface area contributed by atoms with Crippen molar-refractivity contribution in [2.24, 2.45) is 5.92 Å². The summed E-state index contributed by atoms with van der Waals surface area (Å²) in [4.78, 5) is 0. The smallest absolute Gasteiger partial charge is 0.146 e. The molecule has 0 aliphatic heterocycles. The molecule has 6 nitrogen and oxygen atoms in total. The molecule has 0 fully saturated rings. The lowest BCUT2D eigenvalue weighted by atomic mass is 10.2. The summed E-state index contributed by atoms with van der Waals surface area (Å²) in [6, 6.07) is 4.68. The normalized spacial score (nSPS) is 12.4. The van der Waals surface area contributed by atoms with Crippen LogP contribution in [0.3, 0.4) is 0 Å². The van der Waals surface area contributed by atoms with E-state index in [1.165, 1.54) is 17.1 Å². The van der Waals surface area contributed by atoms with Crippen LogP contribution in [0.5, 0.6) is 0 Å². The summed E-state index contributed by atoms with van der Waals surface area (Å²) in [7, 11) is 1.65. The maximum Gasteiger partial charge on any atom is 0.146 e. The highest BCUT2D eigenvalue weighted by molar-refractivity contribution is 5.52. The summed E-state index contributed by atoms with van der Waals surface area (Å²) >= 11 is 0. The Morgan fingerprint density at radius 2 is 2.32 bits per heavy atom. The lowest BCUT2D eigenvalue weighted by molar-refractivity contribution is 0.164. The Balaban J connectivity index is 2.09. The van der Waals surface area contributed by atoms with Crippen LogP contribution in [0.25, 0.3) is 5.69 Å². The molecule has 0 spiro atoms. The molecular weight excluding hydrogens is 249 g/mol. The molecule has 7 heteroatoms. The second kappa shape index (κ2) is 6.24. The van der Waals surface area contributed by atoms with E-state index in [2.05, 4.69) is 20.8 Å². The Hall–Kier alpha value is -2.02. The zero-order chi connectivity index (χ0) is 13.7. The van der Waals surface area contributed by atoms with Crippen molar-refractivity contribution in [1.82, 2.24) is 20.2 Å². The Morgan fingerprint density at radius 1 is 1.47 bits per heavy atom. The average Bonchev–Trinajstić information content (AvgIpc) is 2.92. The summed E-state index contributed by atoms with van der Waals surface area (Å²) in [6.07, 6.45) is 1.46. The van der Waals surface area contributed by atoms with Crippen molar-refractivity contribution in [3.8, 4) is 5.69 Å². The number of ether oxygens (including phenoxy) is 1. The third-order valence-corrected chi connectivity index (χ3v) is 2.66. The molecule has 0 saturated heterocycles. The second-order valence-corrected chi connectivity index (χ2v) is 4.36. The SMILES string of the molecule is COCC(C)CNc1cc(-n2cnnn2)ccc1F. The number of methoxy groups -OCH3 is 1. The number of rotatable bonds is 6. The zero-order valence-electron chi connectivity index (χ0n) is 10.9. The minimum Gasteiger partial charge on any atom is -0.384 e. The van der Waals surface area contributed by atoms with Crippen molar-refractivity contribution in [2.45, 2.75) is 6.92 Å². The number of aromatic nitrogens is 4. The number of nitrogens with zero attached hydrogens (tertiary/aromatic N) is 4. The maximum absolute atomic E-state index is 13.7. The molecule has 1 aromatic carbocycles. The number of nitrogens with one attached hydrogen (secondary N) is 1. The lowest BCUT2D eigenvalue weighted by Crippen LogP contribution is -2.16. The van der Waals surface area contributed by atoms with Gasteiger partial charge in [0.1, 0.15) is 12.1 Å². The highest BCUT2D eigenvalue weighted by Gasteiger charge is 2.07. The molecule has 1 aromatic heterocycles. The van der Waals surface area contributed by atoms with Gasteiger partial charge >= 0.3 is 0 Å². The van der Waals surface area contributed by atoms with E-state index in [-0.39, 0.29) is 5.82 Å². The van der Waals surface area contributed by atoms with Gasteiger partial charge in [-0.25, -0.2) is 9.07 Å². The Morgan fingerprint density at radius 3 is 3.00 bits per heavy atom. The Kier molecular flexibility index (Phi) is 4.40. The van der Waals surface area contributed by atoms with Crippen molar-refractivity contribution in [3.63, 3.8) is 0 Å². The highest BCUT2D eigenvalue weighted by atomic mass is 19.1. The van der Waals surface area contributed by atoms with E-state index in [1.807, 2.05) is 6.92 Å². The molecule has 0 aliphatic carbocycles. The molecule has 1 atom stereocenters. The lowest BCUT2D eigenvalue weighted by Gasteiger charge is -2.13. The monoisotopic (exact) mass is 265 g/mol. The van der Waals surface area contributed by atoms with Crippen LogP contribution in [0.2, 0.25) is 0 Å². The predicted molar refractivity (Wildman–Crippen MR) is 68.6 cm³/mol. The number of benzene rings is 1. The third kappa shape index (κ3) is 3.47. The molecule has 1 heterocycles. The molecule has 19 heavy (non-hydrogen) atoms. The molecule has 0 aliphatic rings. The van der Waals surface area contributed by atoms with E-state index in [0.717, 1.165) is 0 Å². The molecule has 2 rings (SSSR count). The molecule has 0 bridgehead atoms. The standard InChI is InChI=1S/C12H16FN5O/c1-9(7-19-2)6-14-12-5-10(3-4-11(12)13)18-8-15-16-17-18/h3-5,8-9,14H,6-7H2,1-2H3. The van der Waals surface area contributed by atoms with E-state index >= 15 is 0 Å². The molecule has 0 radical (unpaired) electrons.